The second-order valence-electron chi connectivity index (χ2n) is 4.56. The molecule has 0 spiro atoms. The highest BCUT2D eigenvalue weighted by atomic mass is 16.7. The smallest absolute Gasteiger partial charge is 0.335 e. The van der Waals surface area contributed by atoms with Crippen LogP contribution in [0.5, 0.6) is 0 Å². The van der Waals surface area contributed by atoms with E-state index in [4.69, 9.17) is 11.5 Å². The lowest BCUT2D eigenvalue weighted by Crippen LogP contribution is -2.23. The van der Waals surface area contributed by atoms with Crippen LogP contribution in [-0.2, 0) is 9.63 Å². The van der Waals surface area contributed by atoms with E-state index in [9.17, 15) is 4.79 Å². The van der Waals surface area contributed by atoms with Gasteiger partial charge < -0.3 is 16.3 Å². The molecule has 0 aliphatic rings. The molecule has 0 radical (unpaired) electrons. The SMILES string of the molecule is CCCCCCCCCCCC(=O)ON=C(N)N. The number of rotatable bonds is 11. The maximum absolute atomic E-state index is 11.1. The summed E-state index contributed by atoms with van der Waals surface area (Å²) < 4.78 is 0. The number of nitrogens with two attached hydrogens (primary N) is 2. The molecule has 0 amide bonds. The Bertz CT molecular complexity index is 238. The van der Waals surface area contributed by atoms with Crippen LogP contribution < -0.4 is 11.5 Å². The highest BCUT2D eigenvalue weighted by Gasteiger charge is 2.02. The molecule has 0 aromatic carbocycles. The summed E-state index contributed by atoms with van der Waals surface area (Å²) in [5.74, 6) is -0.596. The zero-order valence-electron chi connectivity index (χ0n) is 11.5. The largest absolute Gasteiger partial charge is 0.367 e. The van der Waals surface area contributed by atoms with Gasteiger partial charge in [0.15, 0.2) is 0 Å². The number of oxime groups is 1. The molecule has 18 heavy (non-hydrogen) atoms. The second kappa shape index (κ2) is 12.2. The first-order valence-corrected chi connectivity index (χ1v) is 6.95. The maximum atomic E-state index is 11.1. The Morgan fingerprint density at radius 1 is 0.944 bits per heavy atom. The number of guanidine groups is 1. The van der Waals surface area contributed by atoms with Crippen LogP contribution in [0.15, 0.2) is 5.16 Å². The van der Waals surface area contributed by atoms with Crippen molar-refractivity contribution in [3.05, 3.63) is 0 Å². The summed E-state index contributed by atoms with van der Waals surface area (Å²) >= 11 is 0. The lowest BCUT2D eigenvalue weighted by molar-refractivity contribution is -0.143. The summed E-state index contributed by atoms with van der Waals surface area (Å²) in [6.07, 6.45) is 11.3. The molecule has 0 atom stereocenters. The Labute approximate surface area is 110 Å². The van der Waals surface area contributed by atoms with Gasteiger partial charge in [-0.25, -0.2) is 4.79 Å². The van der Waals surface area contributed by atoms with Crippen LogP contribution in [0.2, 0.25) is 0 Å². The minimum absolute atomic E-state index is 0.226. The molecule has 5 nitrogen and oxygen atoms in total. The van der Waals surface area contributed by atoms with Gasteiger partial charge in [-0.1, -0.05) is 58.3 Å². The first-order valence-electron chi connectivity index (χ1n) is 6.95. The van der Waals surface area contributed by atoms with E-state index in [0.717, 1.165) is 12.8 Å². The van der Waals surface area contributed by atoms with Crippen LogP contribution in [0.4, 0.5) is 0 Å². The third-order valence-electron chi connectivity index (χ3n) is 2.74. The predicted octanol–water partition coefficient (Wildman–Crippen LogP) is 2.64. The summed E-state index contributed by atoms with van der Waals surface area (Å²) in [4.78, 5) is 15.6. The van der Waals surface area contributed by atoms with Gasteiger partial charge in [-0.05, 0) is 11.6 Å². The number of carbonyl (C=O) groups is 1. The van der Waals surface area contributed by atoms with Crippen molar-refractivity contribution in [1.29, 1.82) is 0 Å². The number of unbranched alkanes of at least 4 members (excludes halogenated alkanes) is 8. The van der Waals surface area contributed by atoms with Crippen molar-refractivity contribution < 1.29 is 9.63 Å². The molecule has 5 heteroatoms. The standard InChI is InChI=1S/C13H27N3O2/c1-2-3-4-5-6-7-8-9-10-11-12(17)18-16-13(14)15/h2-11H2,1H3,(H4,14,15,16). The highest BCUT2D eigenvalue weighted by molar-refractivity contribution is 5.77. The van der Waals surface area contributed by atoms with Gasteiger partial charge in [0.2, 0.25) is 5.96 Å². The third kappa shape index (κ3) is 12.8. The van der Waals surface area contributed by atoms with E-state index in [1.165, 1.54) is 44.9 Å². The lowest BCUT2D eigenvalue weighted by atomic mass is 10.1. The predicted molar refractivity (Wildman–Crippen MR) is 73.7 cm³/mol. The average Bonchev–Trinajstić information content (AvgIpc) is 2.34. The van der Waals surface area contributed by atoms with Crippen LogP contribution in [0.1, 0.15) is 71.1 Å². The molecule has 0 bridgehead atoms. The van der Waals surface area contributed by atoms with E-state index >= 15 is 0 Å². The molecule has 0 heterocycles. The quantitative estimate of drug-likeness (QED) is 0.196. The van der Waals surface area contributed by atoms with Gasteiger partial charge in [-0.3, -0.25) is 0 Å². The Balaban J connectivity index is 3.20. The summed E-state index contributed by atoms with van der Waals surface area (Å²) in [5, 5.41) is 3.20. The summed E-state index contributed by atoms with van der Waals surface area (Å²) in [6, 6.07) is 0. The minimum Gasteiger partial charge on any atom is -0.367 e. The van der Waals surface area contributed by atoms with E-state index in [0.29, 0.717) is 6.42 Å². The zero-order valence-corrected chi connectivity index (χ0v) is 11.5. The molecule has 0 saturated carbocycles. The van der Waals surface area contributed by atoms with Crippen molar-refractivity contribution in [2.24, 2.45) is 16.6 Å². The fraction of sp³-hybridized carbons (Fsp3) is 0.846. The molecule has 0 aromatic heterocycles. The van der Waals surface area contributed by atoms with E-state index in [1.807, 2.05) is 0 Å². The van der Waals surface area contributed by atoms with Gasteiger partial charge in [-0.15, -0.1) is 0 Å². The van der Waals surface area contributed by atoms with Crippen molar-refractivity contribution in [1.82, 2.24) is 0 Å². The fourth-order valence-corrected chi connectivity index (χ4v) is 1.73. The molecule has 0 aliphatic carbocycles. The number of carbonyl (C=O) groups excluding carboxylic acids is 1. The van der Waals surface area contributed by atoms with Crippen molar-refractivity contribution in [2.45, 2.75) is 71.1 Å². The summed E-state index contributed by atoms with van der Waals surface area (Å²) in [7, 11) is 0. The van der Waals surface area contributed by atoms with Gasteiger partial charge in [0.05, 0.1) is 0 Å². The molecule has 0 saturated heterocycles. The first-order chi connectivity index (χ1) is 8.66. The van der Waals surface area contributed by atoms with Gasteiger partial charge in [0, 0.05) is 6.42 Å². The summed E-state index contributed by atoms with van der Waals surface area (Å²) in [5.41, 5.74) is 10.1. The average molecular weight is 257 g/mol. The second-order valence-corrected chi connectivity index (χ2v) is 4.56. The number of nitrogens with zero attached hydrogens (tertiary/aromatic N) is 1. The zero-order chi connectivity index (χ0) is 13.6. The molecule has 0 aromatic rings. The van der Waals surface area contributed by atoms with E-state index in [2.05, 4.69) is 16.9 Å². The normalized spacial score (nSPS) is 10.1. The Hall–Kier alpha value is -1.26. The maximum Gasteiger partial charge on any atom is 0.335 e. The molecule has 4 N–H and O–H groups in total. The van der Waals surface area contributed by atoms with E-state index < -0.39 is 0 Å². The van der Waals surface area contributed by atoms with Gasteiger partial charge in [-0.2, -0.15) is 0 Å². The van der Waals surface area contributed by atoms with E-state index in [-0.39, 0.29) is 11.9 Å². The lowest BCUT2D eigenvalue weighted by Gasteiger charge is -2.01. The molecular weight excluding hydrogens is 230 g/mol. The van der Waals surface area contributed by atoms with Crippen LogP contribution in [0, 0.1) is 0 Å². The fourth-order valence-electron chi connectivity index (χ4n) is 1.73. The molecular formula is C13H27N3O2. The third-order valence-corrected chi connectivity index (χ3v) is 2.74. The van der Waals surface area contributed by atoms with Gasteiger partial charge in [0.1, 0.15) is 0 Å². The number of hydrogen-bond donors (Lipinski definition) is 2. The van der Waals surface area contributed by atoms with Crippen molar-refractivity contribution >= 4 is 11.9 Å². The van der Waals surface area contributed by atoms with Crippen molar-refractivity contribution in [3.63, 3.8) is 0 Å². The van der Waals surface area contributed by atoms with Crippen molar-refractivity contribution in [2.75, 3.05) is 0 Å². The van der Waals surface area contributed by atoms with Crippen molar-refractivity contribution in [3.8, 4) is 0 Å². The molecule has 0 fully saturated rings. The first kappa shape index (κ1) is 16.7. The van der Waals surface area contributed by atoms with Crippen LogP contribution in [0.25, 0.3) is 0 Å². The van der Waals surface area contributed by atoms with Crippen LogP contribution in [0.3, 0.4) is 0 Å². The topological polar surface area (TPSA) is 90.7 Å². The van der Waals surface area contributed by atoms with Gasteiger partial charge in [0.25, 0.3) is 0 Å². The Kier molecular flexibility index (Phi) is 11.3. The molecule has 0 rings (SSSR count). The highest BCUT2D eigenvalue weighted by Crippen LogP contribution is 2.10. The molecule has 0 unspecified atom stereocenters. The molecule has 0 aliphatic heterocycles. The van der Waals surface area contributed by atoms with Crippen LogP contribution in [-0.4, -0.2) is 11.9 Å². The Morgan fingerprint density at radius 2 is 1.44 bits per heavy atom. The monoisotopic (exact) mass is 257 g/mol. The van der Waals surface area contributed by atoms with Crippen LogP contribution >= 0.6 is 0 Å². The minimum atomic E-state index is -0.369. The van der Waals surface area contributed by atoms with Gasteiger partial charge >= 0.3 is 5.97 Å². The van der Waals surface area contributed by atoms with E-state index in [1.54, 1.807) is 0 Å². The summed E-state index contributed by atoms with van der Waals surface area (Å²) in [6.45, 7) is 2.22. The Morgan fingerprint density at radius 3 is 1.94 bits per heavy atom. The number of hydrogen-bond acceptors (Lipinski definition) is 3. The molecule has 106 valence electrons.